The van der Waals surface area contributed by atoms with Crippen molar-refractivity contribution in [2.24, 2.45) is 5.84 Å². The van der Waals surface area contributed by atoms with E-state index in [-0.39, 0.29) is 0 Å². The second-order valence-electron chi connectivity index (χ2n) is 6.32. The van der Waals surface area contributed by atoms with Crippen molar-refractivity contribution in [2.45, 2.75) is 72.8 Å². The third-order valence-corrected chi connectivity index (χ3v) is 1.75. The molecule has 0 saturated carbocycles. The van der Waals surface area contributed by atoms with Crippen molar-refractivity contribution < 1.29 is 94.8 Å². The number of hydrogen-bond donors (Lipinski definition) is 14. The van der Waals surface area contributed by atoms with Gasteiger partial charge in [0.05, 0.1) is 19.3 Å². The molecule has 0 aromatic carbocycles. The van der Waals surface area contributed by atoms with Crippen molar-refractivity contribution in [3.05, 3.63) is 0 Å². The number of aliphatic hydroxyl groups excluding tert-OH is 5. The zero-order chi connectivity index (χ0) is 35.5. The minimum Gasteiger partial charge on any atom is -0.481 e. The van der Waals surface area contributed by atoms with Crippen LogP contribution in [-0.4, -0.2) is 141 Å². The van der Waals surface area contributed by atoms with Crippen LogP contribution in [0.15, 0.2) is 0 Å². The van der Waals surface area contributed by atoms with Gasteiger partial charge in [0.2, 0.25) is 0 Å². The fourth-order valence-electron chi connectivity index (χ4n) is 0.833. The van der Waals surface area contributed by atoms with E-state index in [1.807, 2.05) is 0 Å². The van der Waals surface area contributed by atoms with Crippen LogP contribution in [0, 0.1) is 0 Å². The van der Waals surface area contributed by atoms with Gasteiger partial charge in [0.1, 0.15) is 18.3 Å². The Kier molecular flexibility index (Phi) is 59.9. The highest BCUT2D eigenvalue weighted by molar-refractivity contribution is 5.64. The molecular formula is C20H44N2O19. The summed E-state index contributed by atoms with van der Waals surface area (Å²) in [6.07, 6.45) is -4.47. The molecule has 0 aromatic heterocycles. The van der Waals surface area contributed by atoms with Crippen LogP contribution in [0.4, 0.5) is 0 Å². The fraction of sp³-hybridized carbons (Fsp3) is 0.650. The number of hydrazine groups is 1. The van der Waals surface area contributed by atoms with Crippen LogP contribution >= 0.6 is 0 Å². The van der Waals surface area contributed by atoms with E-state index < -0.39 is 79.4 Å². The molecule has 0 aliphatic carbocycles. The SMILES string of the molecule is CC(=O)O.CC(=O)O.CC(=O)O.CC(=O)O.CC(=O)O.CC(=O)O.CC(=O)O.NN[C@H](CO)[C@H](O)[C@H](O)[C@H](O)CO. The largest absolute Gasteiger partial charge is 0.481 e. The quantitative estimate of drug-likeness (QED) is 0.102. The first-order chi connectivity index (χ1) is 18.2. The standard InChI is InChI=1S/C6H16N2O5.7C2H4O2/c7-8-3(1-9)5(12)6(13)4(11)2-10;7*1-2(3)4/h3-6,8-13H,1-2,7H2;7*1H3,(H,3,4)/t3-,4-,5+,6-;;;;;;;/m1......./s1. The molecule has 248 valence electrons. The summed E-state index contributed by atoms with van der Waals surface area (Å²) < 4.78 is 0. The molecule has 0 saturated heterocycles. The van der Waals surface area contributed by atoms with Gasteiger partial charge in [-0.25, -0.2) is 0 Å². The molecule has 21 nitrogen and oxygen atoms in total. The Morgan fingerprint density at radius 2 is 0.659 bits per heavy atom. The monoisotopic (exact) mass is 616 g/mol. The first-order valence-electron chi connectivity index (χ1n) is 10.3. The predicted molar refractivity (Wildman–Crippen MR) is 136 cm³/mol. The van der Waals surface area contributed by atoms with Crippen LogP contribution in [0.2, 0.25) is 0 Å². The molecule has 0 aliphatic heterocycles. The first kappa shape index (κ1) is 57.0. The van der Waals surface area contributed by atoms with E-state index in [4.69, 9.17) is 95.6 Å². The average molecular weight is 617 g/mol. The van der Waals surface area contributed by atoms with Crippen LogP contribution in [0.3, 0.4) is 0 Å². The highest BCUT2D eigenvalue weighted by Crippen LogP contribution is 2.03. The van der Waals surface area contributed by atoms with Crippen molar-refractivity contribution in [1.82, 2.24) is 5.43 Å². The van der Waals surface area contributed by atoms with Crippen LogP contribution in [0.1, 0.15) is 48.5 Å². The lowest BCUT2D eigenvalue weighted by molar-refractivity contribution is -0.135. The van der Waals surface area contributed by atoms with E-state index in [0.29, 0.717) is 0 Å². The normalized spacial score (nSPS) is 10.9. The minimum atomic E-state index is -1.56. The molecule has 4 atom stereocenters. The Bertz CT molecular complexity index is 538. The minimum absolute atomic E-state index is 0.493. The number of aliphatic carboxylic acids is 7. The summed E-state index contributed by atoms with van der Waals surface area (Å²) in [7, 11) is 0. The number of carboxylic acids is 7. The number of nitrogens with two attached hydrogens (primary N) is 1. The van der Waals surface area contributed by atoms with Gasteiger partial charge < -0.3 is 61.3 Å². The molecule has 0 spiro atoms. The van der Waals surface area contributed by atoms with Crippen LogP contribution in [-0.2, 0) is 33.6 Å². The van der Waals surface area contributed by atoms with Crippen molar-refractivity contribution in [3.8, 4) is 0 Å². The van der Waals surface area contributed by atoms with Gasteiger partial charge in [-0.2, -0.15) is 0 Å². The van der Waals surface area contributed by atoms with Crippen molar-refractivity contribution >= 4 is 41.8 Å². The third kappa shape index (κ3) is 212. The summed E-state index contributed by atoms with van der Waals surface area (Å²) in [6, 6.07) is -0.948. The lowest BCUT2D eigenvalue weighted by Crippen LogP contribution is -2.54. The summed E-state index contributed by atoms with van der Waals surface area (Å²) in [6.45, 7) is 6.41. The zero-order valence-corrected chi connectivity index (χ0v) is 23.5. The smallest absolute Gasteiger partial charge is 0.300 e. The molecule has 0 amide bonds. The van der Waals surface area contributed by atoms with Crippen LogP contribution in [0.25, 0.3) is 0 Å². The summed E-state index contributed by atoms with van der Waals surface area (Å²) in [5.41, 5.74) is 2.06. The molecular weight excluding hydrogens is 572 g/mol. The Morgan fingerprint density at radius 1 is 0.488 bits per heavy atom. The van der Waals surface area contributed by atoms with E-state index in [9.17, 15) is 5.11 Å². The average Bonchev–Trinajstić information content (AvgIpc) is 2.70. The van der Waals surface area contributed by atoms with Gasteiger partial charge in [0.15, 0.2) is 0 Å². The molecule has 21 heteroatoms. The second-order valence-corrected chi connectivity index (χ2v) is 6.32. The van der Waals surface area contributed by atoms with Gasteiger partial charge in [-0.05, 0) is 0 Å². The molecule has 0 aromatic rings. The molecule has 41 heavy (non-hydrogen) atoms. The topological polar surface area (TPSA) is 400 Å². The maximum absolute atomic E-state index is 9.26. The Morgan fingerprint density at radius 3 is 0.756 bits per heavy atom. The van der Waals surface area contributed by atoms with Crippen LogP contribution < -0.4 is 11.3 Å². The Labute approximate surface area is 234 Å². The van der Waals surface area contributed by atoms with Crippen molar-refractivity contribution in [1.29, 1.82) is 0 Å². The molecule has 0 bridgehead atoms. The summed E-state index contributed by atoms with van der Waals surface area (Å²) in [5.74, 6) is -0.895. The summed E-state index contributed by atoms with van der Waals surface area (Å²) >= 11 is 0. The molecule has 0 rings (SSSR count). The number of aliphatic hydroxyl groups is 5. The Hall–Kier alpha value is -3.99. The molecule has 15 N–H and O–H groups in total. The van der Waals surface area contributed by atoms with Crippen LogP contribution in [0.5, 0.6) is 0 Å². The molecule has 0 aliphatic rings. The Balaban J connectivity index is -0.0000000548. The molecule has 0 fully saturated rings. The first-order valence-corrected chi connectivity index (χ1v) is 10.3. The van der Waals surface area contributed by atoms with Gasteiger partial charge in [0.25, 0.3) is 41.8 Å². The maximum Gasteiger partial charge on any atom is 0.300 e. The highest BCUT2D eigenvalue weighted by atomic mass is 16.4. The number of carboxylic acid groups (broad SMARTS) is 7. The lowest BCUT2D eigenvalue weighted by atomic mass is 10.0. The summed E-state index contributed by atoms with van der Waals surface area (Å²) in [5, 5.41) is 96.3. The third-order valence-electron chi connectivity index (χ3n) is 1.75. The zero-order valence-electron chi connectivity index (χ0n) is 23.5. The van der Waals surface area contributed by atoms with E-state index in [1.54, 1.807) is 0 Å². The second kappa shape index (κ2) is 43.1. The number of rotatable bonds is 6. The summed E-state index contributed by atoms with van der Waals surface area (Å²) in [4.78, 5) is 63.0. The predicted octanol–water partition coefficient (Wildman–Crippen LogP) is -3.48. The van der Waals surface area contributed by atoms with E-state index >= 15 is 0 Å². The number of carbonyl (C=O) groups is 7. The molecule has 0 heterocycles. The van der Waals surface area contributed by atoms with Gasteiger partial charge in [0, 0.05) is 48.5 Å². The van der Waals surface area contributed by atoms with Gasteiger partial charge >= 0.3 is 0 Å². The highest BCUT2D eigenvalue weighted by Gasteiger charge is 2.29. The number of nitrogens with one attached hydrogen (secondary N) is 1. The van der Waals surface area contributed by atoms with E-state index in [0.717, 1.165) is 48.5 Å². The molecule has 0 unspecified atom stereocenters. The van der Waals surface area contributed by atoms with E-state index in [2.05, 4.69) is 5.43 Å². The van der Waals surface area contributed by atoms with Crippen molar-refractivity contribution in [3.63, 3.8) is 0 Å². The number of hydrogen-bond acceptors (Lipinski definition) is 14. The fourth-order valence-corrected chi connectivity index (χ4v) is 0.833. The van der Waals surface area contributed by atoms with Crippen molar-refractivity contribution in [2.75, 3.05) is 13.2 Å². The van der Waals surface area contributed by atoms with Gasteiger partial charge in [-0.3, -0.25) is 44.8 Å². The van der Waals surface area contributed by atoms with E-state index in [1.165, 1.54) is 0 Å². The lowest BCUT2D eigenvalue weighted by Gasteiger charge is -2.26. The maximum atomic E-state index is 9.26. The van der Waals surface area contributed by atoms with Gasteiger partial charge in [-0.15, -0.1) is 0 Å². The molecule has 0 radical (unpaired) electrons. The van der Waals surface area contributed by atoms with Gasteiger partial charge in [-0.1, -0.05) is 0 Å².